The van der Waals surface area contributed by atoms with Gasteiger partial charge in [-0.1, -0.05) is 42.5 Å². The molecule has 0 fully saturated rings. The van der Waals surface area contributed by atoms with Gasteiger partial charge in [-0.05, 0) is 23.6 Å². The number of nitriles is 1. The molecule has 4 nitrogen and oxygen atoms in total. The van der Waals surface area contributed by atoms with E-state index in [1.165, 1.54) is 0 Å². The van der Waals surface area contributed by atoms with Gasteiger partial charge < -0.3 is 5.32 Å². The largest absolute Gasteiger partial charge is 0.320 e. The van der Waals surface area contributed by atoms with E-state index in [0.717, 1.165) is 38.6 Å². The number of nitrogens with zero attached hydrogens (tertiary/aromatic N) is 2. The highest BCUT2D eigenvalue weighted by molar-refractivity contribution is 6.32. The third kappa shape index (κ3) is 1.81. The Labute approximate surface area is 143 Å². The number of carbonyl (C=O) groups is 1. The number of nitrogens with one attached hydrogen (secondary N) is 1. The average molecular weight is 321 g/mol. The zero-order valence-electron chi connectivity index (χ0n) is 13.1. The minimum absolute atomic E-state index is 0.181. The van der Waals surface area contributed by atoms with Gasteiger partial charge in [0.15, 0.2) is 0 Å². The summed E-state index contributed by atoms with van der Waals surface area (Å²) in [6, 6.07) is 21.7. The molecule has 25 heavy (non-hydrogen) atoms. The topological polar surface area (TPSA) is 65.2 Å². The van der Waals surface area contributed by atoms with E-state index in [1.54, 1.807) is 0 Å². The van der Waals surface area contributed by atoms with E-state index in [4.69, 9.17) is 4.99 Å². The summed E-state index contributed by atoms with van der Waals surface area (Å²) in [5, 5.41) is 15.7. The maximum Gasteiger partial charge on any atom is 0.267 e. The molecule has 116 valence electrons. The molecule has 0 atom stereocenters. The minimum Gasteiger partial charge on any atom is -0.320 e. The molecule has 1 aliphatic heterocycles. The van der Waals surface area contributed by atoms with Crippen molar-refractivity contribution in [1.29, 1.82) is 5.26 Å². The number of hydrogen-bond donors (Lipinski definition) is 1. The smallest absolute Gasteiger partial charge is 0.267 e. The van der Waals surface area contributed by atoms with Crippen LogP contribution in [0.25, 0.3) is 27.5 Å². The Hall–Kier alpha value is -3.71. The fraction of sp³-hybridized carbons (Fsp3) is 0. The quantitative estimate of drug-likeness (QED) is 0.586. The van der Waals surface area contributed by atoms with Crippen LogP contribution in [0.15, 0.2) is 65.7 Å². The molecule has 0 unspecified atom stereocenters. The van der Waals surface area contributed by atoms with Crippen LogP contribution >= 0.6 is 0 Å². The molecule has 5 rings (SSSR count). The standard InChI is InChI=1S/C21H11N3O/c22-11-16-19-14-8-4-7-13-17(23-12-5-2-1-3-6-12)10-9-15(18(13)14)20(19)24-21(16)25/h1-10H,(H,24,25). The monoisotopic (exact) mass is 321 g/mol. The normalized spacial score (nSPS) is 14.1. The van der Waals surface area contributed by atoms with E-state index >= 15 is 0 Å². The van der Waals surface area contributed by atoms with Gasteiger partial charge in [0, 0.05) is 21.7 Å². The average Bonchev–Trinajstić information content (AvgIpc) is 3.13. The first kappa shape index (κ1) is 13.7. The summed E-state index contributed by atoms with van der Waals surface area (Å²) in [6.45, 7) is 0. The summed E-state index contributed by atoms with van der Waals surface area (Å²) in [5.41, 5.74) is 3.79. The summed E-state index contributed by atoms with van der Waals surface area (Å²) >= 11 is 0. The van der Waals surface area contributed by atoms with Crippen molar-refractivity contribution in [2.75, 3.05) is 5.32 Å². The van der Waals surface area contributed by atoms with Gasteiger partial charge in [-0.2, -0.15) is 5.26 Å². The van der Waals surface area contributed by atoms with Crippen LogP contribution in [0.4, 0.5) is 11.4 Å². The molecule has 0 radical (unpaired) electrons. The van der Waals surface area contributed by atoms with Gasteiger partial charge >= 0.3 is 0 Å². The van der Waals surface area contributed by atoms with Crippen LogP contribution in [-0.2, 0) is 4.79 Å². The Kier molecular flexibility index (Phi) is 2.68. The van der Waals surface area contributed by atoms with Gasteiger partial charge in [-0.3, -0.25) is 4.79 Å². The lowest BCUT2D eigenvalue weighted by Gasteiger charge is -2.08. The lowest BCUT2D eigenvalue weighted by atomic mass is 9.99. The van der Waals surface area contributed by atoms with Gasteiger partial charge in [-0.15, -0.1) is 0 Å². The third-order valence-electron chi connectivity index (χ3n) is 4.64. The van der Waals surface area contributed by atoms with Gasteiger partial charge in [0.25, 0.3) is 5.91 Å². The summed E-state index contributed by atoms with van der Waals surface area (Å²) < 4.78 is 0. The lowest BCUT2D eigenvalue weighted by Crippen LogP contribution is -2.09. The highest BCUT2D eigenvalue weighted by Crippen LogP contribution is 2.38. The maximum atomic E-state index is 12.0. The maximum absolute atomic E-state index is 12.0. The Bertz CT molecular complexity index is 1280. The minimum atomic E-state index is -0.326. The number of fused-ring (bicyclic) bond motifs is 3. The summed E-state index contributed by atoms with van der Waals surface area (Å²) in [5.74, 6) is -0.326. The van der Waals surface area contributed by atoms with Crippen molar-refractivity contribution in [1.82, 2.24) is 0 Å². The number of carbonyl (C=O) groups excluding carboxylic acids is 1. The van der Waals surface area contributed by atoms with Gasteiger partial charge in [0.1, 0.15) is 11.6 Å². The number of anilines is 1. The van der Waals surface area contributed by atoms with E-state index in [9.17, 15) is 10.1 Å². The van der Waals surface area contributed by atoms with Crippen molar-refractivity contribution in [3.8, 4) is 17.2 Å². The molecular formula is C21H11N3O. The number of hydrogen-bond acceptors (Lipinski definition) is 3. The number of rotatable bonds is 1. The van der Waals surface area contributed by atoms with Crippen molar-refractivity contribution in [3.05, 3.63) is 71.2 Å². The Morgan fingerprint density at radius 2 is 1.72 bits per heavy atom. The molecule has 0 saturated heterocycles. The number of benzene rings is 3. The molecule has 0 bridgehead atoms. The first-order valence-corrected chi connectivity index (χ1v) is 7.94. The Morgan fingerprint density at radius 1 is 0.920 bits per heavy atom. The molecule has 0 aromatic heterocycles. The van der Waals surface area contributed by atoms with Crippen molar-refractivity contribution in [3.63, 3.8) is 0 Å². The molecule has 2 aromatic rings. The van der Waals surface area contributed by atoms with Crippen molar-refractivity contribution in [2.45, 2.75) is 0 Å². The summed E-state index contributed by atoms with van der Waals surface area (Å²) in [4.78, 5) is 16.8. The Balaban J connectivity index is 1.95. The molecule has 3 aliphatic rings. The third-order valence-corrected chi connectivity index (χ3v) is 4.64. The van der Waals surface area contributed by atoms with Crippen LogP contribution in [0.1, 0.15) is 0 Å². The molecule has 2 aromatic carbocycles. The molecular weight excluding hydrogens is 310 g/mol. The second kappa shape index (κ2) is 4.89. The first-order chi connectivity index (χ1) is 12.3. The molecule has 1 N–H and O–H groups in total. The van der Waals surface area contributed by atoms with Gasteiger partial charge in [0.2, 0.25) is 0 Å². The zero-order valence-corrected chi connectivity index (χ0v) is 13.1. The van der Waals surface area contributed by atoms with Crippen LogP contribution in [0.3, 0.4) is 0 Å². The summed E-state index contributed by atoms with van der Waals surface area (Å²) in [7, 11) is 0. The van der Waals surface area contributed by atoms with E-state index < -0.39 is 0 Å². The van der Waals surface area contributed by atoms with Crippen molar-refractivity contribution in [2.24, 2.45) is 4.99 Å². The fourth-order valence-corrected chi connectivity index (χ4v) is 3.60. The number of amides is 1. The molecule has 4 heteroatoms. The highest BCUT2D eigenvalue weighted by atomic mass is 16.1. The predicted octanol–water partition coefficient (Wildman–Crippen LogP) is 2.96. The SMILES string of the molecule is N#CC1=c2c(c3ccc(=Nc4ccccc4)c4cccc2c4-3)NC1=O. The van der Waals surface area contributed by atoms with E-state index in [0.29, 0.717) is 5.22 Å². The molecule has 0 saturated carbocycles. The summed E-state index contributed by atoms with van der Waals surface area (Å²) in [6.07, 6.45) is 0. The van der Waals surface area contributed by atoms with Crippen LogP contribution in [0.2, 0.25) is 0 Å². The van der Waals surface area contributed by atoms with Crippen LogP contribution < -0.4 is 15.9 Å². The van der Waals surface area contributed by atoms with E-state index in [1.807, 2.05) is 66.7 Å². The van der Waals surface area contributed by atoms with E-state index in [2.05, 4.69) is 5.32 Å². The lowest BCUT2D eigenvalue weighted by molar-refractivity contribution is -0.110. The van der Waals surface area contributed by atoms with Crippen LogP contribution in [-0.4, -0.2) is 5.91 Å². The van der Waals surface area contributed by atoms with Gasteiger partial charge in [-0.25, -0.2) is 4.99 Å². The fourth-order valence-electron chi connectivity index (χ4n) is 3.60. The van der Waals surface area contributed by atoms with E-state index in [-0.39, 0.29) is 11.5 Å². The van der Waals surface area contributed by atoms with Crippen molar-refractivity contribution < 1.29 is 4.79 Å². The second-order valence-electron chi connectivity index (χ2n) is 6.00. The molecule has 1 amide bonds. The number of para-hydroxylation sites is 1. The molecule has 0 spiro atoms. The Morgan fingerprint density at radius 3 is 2.52 bits per heavy atom. The predicted molar refractivity (Wildman–Crippen MR) is 96.3 cm³/mol. The highest BCUT2D eigenvalue weighted by Gasteiger charge is 2.29. The zero-order chi connectivity index (χ0) is 17.0. The molecule has 1 heterocycles. The van der Waals surface area contributed by atoms with Crippen LogP contribution in [0, 0.1) is 11.3 Å². The van der Waals surface area contributed by atoms with Crippen LogP contribution in [0.5, 0.6) is 0 Å². The van der Waals surface area contributed by atoms with Gasteiger partial charge in [0.05, 0.1) is 16.7 Å². The first-order valence-electron chi connectivity index (χ1n) is 7.94. The molecule has 2 aliphatic carbocycles. The second-order valence-corrected chi connectivity index (χ2v) is 6.00. The van der Waals surface area contributed by atoms with Crippen molar-refractivity contribution >= 4 is 33.6 Å².